The minimum atomic E-state index is -0.0000168. The van der Waals surface area contributed by atoms with Crippen LogP contribution < -0.4 is 9.47 Å². The number of rotatable bonds is 5. The quantitative estimate of drug-likeness (QED) is 0.817. The zero-order chi connectivity index (χ0) is 13.7. The van der Waals surface area contributed by atoms with Gasteiger partial charge in [-0.05, 0) is 50.2 Å². The van der Waals surface area contributed by atoms with Gasteiger partial charge < -0.3 is 9.47 Å². The Bertz CT molecular complexity index is 541. The molecule has 0 aliphatic rings. The molecule has 0 heterocycles. The number of ketones is 1. The van der Waals surface area contributed by atoms with E-state index in [1.165, 1.54) is 12.5 Å². The molecule has 0 aliphatic heterocycles. The molecule has 98 valence electrons. The van der Waals surface area contributed by atoms with E-state index in [0.29, 0.717) is 5.75 Å². The standard InChI is InChI=1S/C16H16O3/c1-12-3-5-15(6-4-12)19-16-9-7-14(8-10-16)18-11-13(2)17/h3-10H,11H2,1-2H3. The second kappa shape index (κ2) is 6.05. The van der Waals surface area contributed by atoms with Gasteiger partial charge in [0.05, 0.1) is 0 Å². The van der Waals surface area contributed by atoms with Crippen molar-refractivity contribution < 1.29 is 14.3 Å². The average molecular weight is 256 g/mol. The van der Waals surface area contributed by atoms with Crippen LogP contribution in [0.2, 0.25) is 0 Å². The fraction of sp³-hybridized carbons (Fsp3) is 0.188. The zero-order valence-corrected chi connectivity index (χ0v) is 11.1. The van der Waals surface area contributed by atoms with Gasteiger partial charge in [0.15, 0.2) is 5.78 Å². The molecule has 0 aromatic heterocycles. The number of carbonyl (C=O) groups is 1. The smallest absolute Gasteiger partial charge is 0.167 e. The monoisotopic (exact) mass is 256 g/mol. The largest absolute Gasteiger partial charge is 0.486 e. The van der Waals surface area contributed by atoms with Crippen molar-refractivity contribution in [1.29, 1.82) is 0 Å². The normalized spacial score (nSPS) is 10.0. The SMILES string of the molecule is CC(=O)COc1ccc(Oc2ccc(C)cc2)cc1. The number of aryl methyl sites for hydroxylation is 1. The second-order valence-electron chi connectivity index (χ2n) is 4.38. The molecule has 2 aromatic rings. The predicted octanol–water partition coefficient (Wildman–Crippen LogP) is 3.76. The molecule has 0 atom stereocenters. The van der Waals surface area contributed by atoms with Crippen molar-refractivity contribution in [2.45, 2.75) is 13.8 Å². The second-order valence-corrected chi connectivity index (χ2v) is 4.38. The van der Waals surface area contributed by atoms with Crippen molar-refractivity contribution >= 4 is 5.78 Å². The first-order valence-electron chi connectivity index (χ1n) is 6.10. The van der Waals surface area contributed by atoms with E-state index in [-0.39, 0.29) is 12.4 Å². The van der Waals surface area contributed by atoms with Crippen LogP contribution in [0.25, 0.3) is 0 Å². The highest BCUT2D eigenvalue weighted by Crippen LogP contribution is 2.24. The van der Waals surface area contributed by atoms with Crippen molar-refractivity contribution in [1.82, 2.24) is 0 Å². The summed E-state index contributed by atoms with van der Waals surface area (Å²) in [6.07, 6.45) is 0. The molecular weight excluding hydrogens is 240 g/mol. The maximum atomic E-state index is 10.8. The summed E-state index contributed by atoms with van der Waals surface area (Å²) in [5.41, 5.74) is 1.19. The molecule has 0 radical (unpaired) electrons. The molecule has 0 spiro atoms. The van der Waals surface area contributed by atoms with E-state index in [0.717, 1.165) is 11.5 Å². The number of carbonyl (C=O) groups excluding carboxylic acids is 1. The Hall–Kier alpha value is -2.29. The van der Waals surface area contributed by atoms with Crippen LogP contribution in [-0.4, -0.2) is 12.4 Å². The molecule has 19 heavy (non-hydrogen) atoms. The molecule has 0 fully saturated rings. The Morgan fingerprint density at radius 2 is 1.37 bits per heavy atom. The summed E-state index contributed by atoms with van der Waals surface area (Å²) in [6, 6.07) is 15.0. The summed E-state index contributed by atoms with van der Waals surface area (Å²) >= 11 is 0. The van der Waals surface area contributed by atoms with Crippen LogP contribution in [0.15, 0.2) is 48.5 Å². The van der Waals surface area contributed by atoms with Crippen molar-refractivity contribution in [3.63, 3.8) is 0 Å². The van der Waals surface area contributed by atoms with Crippen molar-refractivity contribution in [2.75, 3.05) is 6.61 Å². The number of ether oxygens (including phenoxy) is 2. The molecule has 0 bridgehead atoms. The Labute approximate surface area is 112 Å². The molecule has 0 unspecified atom stereocenters. The summed E-state index contributed by atoms with van der Waals surface area (Å²) in [7, 11) is 0. The zero-order valence-electron chi connectivity index (χ0n) is 11.1. The van der Waals surface area contributed by atoms with Gasteiger partial charge in [-0.25, -0.2) is 0 Å². The van der Waals surface area contributed by atoms with Gasteiger partial charge in [0.2, 0.25) is 0 Å². The molecule has 0 amide bonds. The van der Waals surface area contributed by atoms with Crippen LogP contribution in [0.3, 0.4) is 0 Å². The van der Waals surface area contributed by atoms with Gasteiger partial charge >= 0.3 is 0 Å². The van der Waals surface area contributed by atoms with E-state index >= 15 is 0 Å². The van der Waals surface area contributed by atoms with Crippen molar-refractivity contribution in [3.8, 4) is 17.2 Å². The Balaban J connectivity index is 1.98. The average Bonchev–Trinajstić information content (AvgIpc) is 2.40. The lowest BCUT2D eigenvalue weighted by Gasteiger charge is -2.07. The molecular formula is C16H16O3. The number of hydrogen-bond donors (Lipinski definition) is 0. The van der Waals surface area contributed by atoms with Crippen molar-refractivity contribution in [3.05, 3.63) is 54.1 Å². The first-order valence-corrected chi connectivity index (χ1v) is 6.10. The lowest BCUT2D eigenvalue weighted by Crippen LogP contribution is -2.06. The maximum Gasteiger partial charge on any atom is 0.167 e. The first-order chi connectivity index (χ1) is 9.13. The molecule has 0 N–H and O–H groups in total. The predicted molar refractivity (Wildman–Crippen MR) is 73.9 cm³/mol. The summed E-state index contributed by atoms with van der Waals surface area (Å²) in [6.45, 7) is 3.62. The van der Waals surface area contributed by atoms with Crippen LogP contribution in [0.5, 0.6) is 17.2 Å². The highest BCUT2D eigenvalue weighted by atomic mass is 16.5. The molecule has 0 aliphatic carbocycles. The van der Waals surface area contributed by atoms with Gasteiger partial charge in [0.25, 0.3) is 0 Å². The lowest BCUT2D eigenvalue weighted by molar-refractivity contribution is -0.118. The Morgan fingerprint density at radius 1 is 0.895 bits per heavy atom. The van der Waals surface area contributed by atoms with Crippen LogP contribution in [0.4, 0.5) is 0 Å². The highest BCUT2D eigenvalue weighted by molar-refractivity contribution is 5.77. The van der Waals surface area contributed by atoms with Crippen LogP contribution in [-0.2, 0) is 4.79 Å². The third-order valence-electron chi connectivity index (χ3n) is 2.52. The van der Waals surface area contributed by atoms with Crippen LogP contribution in [0, 0.1) is 6.92 Å². The van der Waals surface area contributed by atoms with Crippen LogP contribution >= 0.6 is 0 Å². The fourth-order valence-corrected chi connectivity index (χ4v) is 1.53. The highest BCUT2D eigenvalue weighted by Gasteiger charge is 2.00. The van der Waals surface area contributed by atoms with Gasteiger partial charge in [-0.3, -0.25) is 4.79 Å². The van der Waals surface area contributed by atoms with Gasteiger partial charge in [0.1, 0.15) is 23.9 Å². The van der Waals surface area contributed by atoms with Gasteiger partial charge in [-0.2, -0.15) is 0 Å². The van der Waals surface area contributed by atoms with E-state index in [4.69, 9.17) is 9.47 Å². The molecule has 0 saturated heterocycles. The van der Waals surface area contributed by atoms with Crippen LogP contribution in [0.1, 0.15) is 12.5 Å². The molecule has 2 aromatic carbocycles. The van der Waals surface area contributed by atoms with Gasteiger partial charge in [0, 0.05) is 0 Å². The number of hydrogen-bond acceptors (Lipinski definition) is 3. The Kier molecular flexibility index (Phi) is 4.18. The van der Waals surface area contributed by atoms with E-state index in [1.807, 2.05) is 43.3 Å². The third kappa shape index (κ3) is 4.14. The van der Waals surface area contributed by atoms with E-state index in [1.54, 1.807) is 12.1 Å². The molecule has 2 rings (SSSR count). The Morgan fingerprint density at radius 3 is 1.89 bits per heavy atom. The van der Waals surface area contributed by atoms with E-state index in [9.17, 15) is 4.79 Å². The summed E-state index contributed by atoms with van der Waals surface area (Å²) in [5, 5.41) is 0. The van der Waals surface area contributed by atoms with Gasteiger partial charge in [-0.1, -0.05) is 17.7 Å². The lowest BCUT2D eigenvalue weighted by atomic mass is 10.2. The van der Waals surface area contributed by atoms with Gasteiger partial charge in [-0.15, -0.1) is 0 Å². The molecule has 0 saturated carbocycles. The molecule has 3 nitrogen and oxygen atoms in total. The third-order valence-corrected chi connectivity index (χ3v) is 2.52. The topological polar surface area (TPSA) is 35.5 Å². The van der Waals surface area contributed by atoms with Crippen molar-refractivity contribution in [2.24, 2.45) is 0 Å². The number of benzene rings is 2. The van der Waals surface area contributed by atoms with E-state index < -0.39 is 0 Å². The summed E-state index contributed by atoms with van der Waals surface area (Å²) in [4.78, 5) is 10.8. The maximum absolute atomic E-state index is 10.8. The summed E-state index contributed by atoms with van der Waals surface area (Å²) < 4.78 is 11.0. The van der Waals surface area contributed by atoms with E-state index in [2.05, 4.69) is 0 Å². The summed E-state index contributed by atoms with van der Waals surface area (Å²) in [5.74, 6) is 2.19. The number of Topliss-reactive ketones (excluding diaryl/α,β-unsaturated/α-hetero) is 1. The minimum absolute atomic E-state index is 0.0000168. The fourth-order valence-electron chi connectivity index (χ4n) is 1.53. The minimum Gasteiger partial charge on any atom is -0.486 e. The molecule has 3 heteroatoms. The first kappa shape index (κ1) is 13.1.